The molecule has 0 fully saturated rings. The van der Waals surface area contributed by atoms with Crippen molar-refractivity contribution in [1.82, 2.24) is 47.4 Å². The van der Waals surface area contributed by atoms with E-state index < -0.39 is 171 Å². The van der Waals surface area contributed by atoms with Gasteiger partial charge in [-0.25, -0.2) is 9.59 Å². The number of carboxylic acids is 1. The van der Waals surface area contributed by atoms with Crippen molar-refractivity contribution in [3.8, 4) is 80.1 Å². The van der Waals surface area contributed by atoms with E-state index in [1.165, 1.54) is 48.5 Å². The SMILES string of the molecule is CCCCN(CCCC)CCCNCc1c(O)cc2c(c1O)-c1cc(ccc1O)[C@@H]1NC(=O)[C@H]3NC(=O)[C@H]4NC(=O)[C@H](Cc5ccc(c(Cl)c5)Oc5cc3cc(c5O)Oc3ccc(cc3Cl)C(O)[C@H](NC1=O)C(=O)N[C@@H]2C(=O)O)NC(=O)[C@@H](NC(=O)OC(C)(C)C)c1ccc(O)c(c1)Oc1cc(O)cc4c1. The second-order valence-electron chi connectivity index (χ2n) is 27.0. The lowest BCUT2D eigenvalue weighted by Gasteiger charge is -2.31. The number of nitrogens with zero attached hydrogens (tertiary/aromatic N) is 1. The lowest BCUT2D eigenvalue weighted by atomic mass is 9.88. The van der Waals surface area contributed by atoms with Crippen molar-refractivity contribution in [1.29, 1.82) is 0 Å². The average molecular weight is 1500 g/mol. The molecule has 0 spiro atoms. The van der Waals surface area contributed by atoms with Crippen LogP contribution < -0.4 is 56.7 Å². The summed E-state index contributed by atoms with van der Waals surface area (Å²) in [4.78, 5) is 122. The molecule has 0 saturated heterocycles. The molecule has 6 aliphatic rings. The Bertz CT molecular complexity index is 4620. The molecule has 0 saturated carbocycles. The van der Waals surface area contributed by atoms with E-state index in [1.54, 1.807) is 20.8 Å². The third-order valence-electron chi connectivity index (χ3n) is 18.1. The van der Waals surface area contributed by atoms with Crippen LogP contribution in [0.5, 0.6) is 69.0 Å². The van der Waals surface area contributed by atoms with Crippen molar-refractivity contribution < 1.29 is 98.2 Å². The number of aromatic hydroxyl groups is 6. The van der Waals surface area contributed by atoms with Crippen molar-refractivity contribution in [3.05, 3.63) is 164 Å². The predicted molar refractivity (Wildman–Crippen MR) is 383 cm³/mol. The van der Waals surface area contributed by atoms with Crippen LogP contribution in [0.1, 0.15) is 148 Å². The molecule has 6 heterocycles. The van der Waals surface area contributed by atoms with Crippen LogP contribution in [0.15, 0.2) is 109 Å². The molecular formula is C75H79Cl2N9O20. The van der Waals surface area contributed by atoms with E-state index in [1.807, 2.05) is 0 Å². The van der Waals surface area contributed by atoms with Gasteiger partial charge in [0.15, 0.2) is 29.0 Å². The summed E-state index contributed by atoms with van der Waals surface area (Å²) in [7, 11) is 0. The van der Waals surface area contributed by atoms with Crippen LogP contribution in [0.25, 0.3) is 11.1 Å². The van der Waals surface area contributed by atoms with E-state index in [0.29, 0.717) is 13.0 Å². The summed E-state index contributed by atoms with van der Waals surface area (Å²) in [5.41, 5.74) is -3.56. The number of rotatable bonds is 14. The number of aliphatic hydroxyl groups excluding tert-OH is 1. The summed E-state index contributed by atoms with van der Waals surface area (Å²) < 4.78 is 24.2. The zero-order valence-corrected chi connectivity index (χ0v) is 59.5. The molecule has 7 aromatic rings. The minimum atomic E-state index is -2.24. The number of unbranched alkanes of at least 4 members (excludes halogenated alkanes) is 2. The van der Waals surface area contributed by atoms with Gasteiger partial charge < -0.3 is 107 Å². The molecule has 0 aromatic heterocycles. The fourth-order valence-electron chi connectivity index (χ4n) is 12.8. The van der Waals surface area contributed by atoms with Gasteiger partial charge in [0.2, 0.25) is 41.2 Å². The van der Waals surface area contributed by atoms with Gasteiger partial charge in [-0.1, -0.05) is 74.2 Å². The number of hydrogen-bond acceptors (Lipinski definition) is 21. The number of aliphatic hydroxyl groups is 1. The minimum Gasteiger partial charge on any atom is -0.508 e. The maximum absolute atomic E-state index is 16.1. The van der Waals surface area contributed by atoms with Crippen LogP contribution in [-0.2, 0) is 51.3 Å². The molecule has 31 heteroatoms. The highest BCUT2D eigenvalue weighted by atomic mass is 35.5. The first kappa shape index (κ1) is 75.9. The molecule has 0 radical (unpaired) electrons. The summed E-state index contributed by atoms with van der Waals surface area (Å²) in [5.74, 6) is -15.5. The number of ether oxygens (including phenoxy) is 4. The van der Waals surface area contributed by atoms with Gasteiger partial charge in [-0.2, -0.15) is 0 Å². The molecule has 13 rings (SSSR count). The molecule has 7 aromatic carbocycles. The van der Waals surface area contributed by atoms with Crippen molar-refractivity contribution >= 4 is 70.7 Å². The van der Waals surface area contributed by atoms with Gasteiger partial charge in [0.1, 0.15) is 88.2 Å². The average Bonchev–Trinajstić information content (AvgIpc) is 0.754. The second kappa shape index (κ2) is 32.0. The second-order valence-corrected chi connectivity index (χ2v) is 27.9. The number of amides is 7. The third-order valence-corrected chi connectivity index (χ3v) is 18.7. The smallest absolute Gasteiger partial charge is 0.408 e. The van der Waals surface area contributed by atoms with Crippen molar-refractivity contribution in [2.24, 2.45) is 0 Å². The van der Waals surface area contributed by atoms with E-state index >= 15 is 24.0 Å². The standard InChI is InChI=1S/C75H79Cl2N9O20/c1-6-8-20-86(21-9-7-2)22-10-19-78-34-45-51(90)33-44-57(65(45)92)43-27-36(12-15-49(43)88)58-69(96)84-63(72(99)83-62(44)73(100)101)64(91)38-14-18-53(47(77)28-38)105-56-31-40-30-55(66(56)93)104-52-17-11-35(23-46(52)76)24-48-67(94)80-60(70(97)82-61(40)71(98)81-58)39-25-41(87)32-42(26-39)103-54-29-37(13-16-50(54)89)59(68(95)79-48)85-74(102)106-75(3,4)5/h11-18,23,25-33,48,58-64,78,87-93H,6-10,19-22,24,34H2,1-5H3,(H,79,95)(H,80,94)(H,81,98)(H,82,97)(H,83,99)(H,84,96)(H,85,102)(H,100,101)/t48-,58-,59-,60-,61-,62-,63-,64?/m0/s1. The molecule has 0 aliphatic carbocycles. The highest BCUT2D eigenvalue weighted by Crippen LogP contribution is 2.49. The number of nitrogens with one attached hydrogen (secondary N) is 8. The topological polar surface area (TPSA) is 435 Å². The number of alkyl carbamates (subject to hydrolysis) is 1. The first-order valence-electron chi connectivity index (χ1n) is 34.2. The molecule has 6 aliphatic heterocycles. The van der Waals surface area contributed by atoms with Gasteiger partial charge in [0.25, 0.3) is 0 Å². The first-order valence-corrected chi connectivity index (χ1v) is 34.9. The van der Waals surface area contributed by atoms with Crippen LogP contribution >= 0.6 is 23.2 Å². The van der Waals surface area contributed by atoms with E-state index in [9.17, 15) is 55.2 Å². The fraction of sp³-hybridized carbons (Fsp3) is 0.333. The number of aliphatic carboxylic acids is 1. The van der Waals surface area contributed by atoms with Gasteiger partial charge >= 0.3 is 12.1 Å². The Morgan fingerprint density at radius 3 is 1.79 bits per heavy atom. The predicted octanol–water partition coefficient (Wildman–Crippen LogP) is 8.93. The number of phenols is 6. The Morgan fingerprint density at radius 1 is 0.566 bits per heavy atom. The number of fused-ring (bicyclic) bond motifs is 14. The highest BCUT2D eigenvalue weighted by molar-refractivity contribution is 6.32. The summed E-state index contributed by atoms with van der Waals surface area (Å²) in [6, 6.07) is 6.65. The molecule has 7 amide bonds. The maximum Gasteiger partial charge on any atom is 0.408 e. The van der Waals surface area contributed by atoms with Crippen LogP contribution in [0.4, 0.5) is 4.79 Å². The Balaban J connectivity index is 1.08. The highest BCUT2D eigenvalue weighted by Gasteiger charge is 2.42. The van der Waals surface area contributed by atoms with Crippen molar-refractivity contribution in [2.45, 2.75) is 134 Å². The van der Waals surface area contributed by atoms with Crippen LogP contribution in [0, 0.1) is 0 Å². The zero-order chi connectivity index (χ0) is 76.2. The quantitative estimate of drug-likeness (QED) is 0.0451. The maximum atomic E-state index is 16.1. The number of phenolic OH excluding ortho intramolecular Hbond substituents is 6. The number of carbonyl (C=O) groups is 8. The molecule has 106 heavy (non-hydrogen) atoms. The molecule has 558 valence electrons. The number of benzene rings is 7. The minimum absolute atomic E-state index is 0.00897. The third kappa shape index (κ3) is 17.1. The Labute approximate surface area is 617 Å². The number of carboxylic acid groups (broad SMARTS) is 1. The van der Waals surface area contributed by atoms with Gasteiger partial charge in [-0.15, -0.1) is 0 Å². The van der Waals surface area contributed by atoms with Gasteiger partial charge in [-0.3, -0.25) is 28.8 Å². The molecule has 17 bridgehead atoms. The number of hydrogen-bond donors (Lipinski definition) is 16. The summed E-state index contributed by atoms with van der Waals surface area (Å²) in [6.07, 6.45) is 0.968. The molecule has 8 atom stereocenters. The van der Waals surface area contributed by atoms with Gasteiger partial charge in [0.05, 0.1) is 15.6 Å². The Kier molecular flexibility index (Phi) is 22.9. The lowest BCUT2D eigenvalue weighted by molar-refractivity contribution is -0.143. The summed E-state index contributed by atoms with van der Waals surface area (Å²) in [6.45, 7) is 11.6. The van der Waals surface area contributed by atoms with Crippen molar-refractivity contribution in [3.63, 3.8) is 0 Å². The molecule has 29 nitrogen and oxygen atoms in total. The fourth-order valence-corrected chi connectivity index (χ4v) is 13.2. The molecule has 16 N–H and O–H groups in total. The van der Waals surface area contributed by atoms with Gasteiger partial charge in [-0.05, 0) is 178 Å². The monoisotopic (exact) mass is 1500 g/mol. The van der Waals surface area contributed by atoms with E-state index in [2.05, 4.69) is 61.3 Å². The number of carbonyl (C=O) groups excluding carboxylic acids is 7. The normalized spacial score (nSPS) is 20.2. The van der Waals surface area contributed by atoms with Crippen LogP contribution in [0.3, 0.4) is 0 Å². The molecular weight excluding hydrogens is 1420 g/mol. The number of halogens is 2. The van der Waals surface area contributed by atoms with E-state index in [4.69, 9.17) is 42.1 Å². The Hall–Kier alpha value is -11.2. The molecule has 1 unspecified atom stereocenters. The van der Waals surface area contributed by atoms with E-state index in [0.717, 1.165) is 106 Å². The zero-order valence-electron chi connectivity index (χ0n) is 58.0. The van der Waals surface area contributed by atoms with Crippen LogP contribution in [0.2, 0.25) is 10.0 Å². The lowest BCUT2D eigenvalue weighted by Crippen LogP contribution is -2.55. The first-order chi connectivity index (χ1) is 50.4. The summed E-state index contributed by atoms with van der Waals surface area (Å²) in [5, 5.41) is 115. The van der Waals surface area contributed by atoms with E-state index in [-0.39, 0.29) is 78.5 Å². The largest absolute Gasteiger partial charge is 0.508 e. The van der Waals surface area contributed by atoms with Crippen molar-refractivity contribution in [2.75, 3.05) is 26.2 Å². The van der Waals surface area contributed by atoms with Gasteiger partial charge in [0, 0.05) is 35.7 Å². The summed E-state index contributed by atoms with van der Waals surface area (Å²) >= 11 is 13.9. The Morgan fingerprint density at radius 2 is 1.15 bits per heavy atom. The van der Waals surface area contributed by atoms with Crippen LogP contribution in [-0.4, -0.2) is 137 Å².